The Kier molecular flexibility index (Phi) is 6.75. The molecule has 1 aromatic carbocycles. The molecule has 1 aliphatic heterocycles. The number of carbonyl (C=O) groups is 1. The molecular weight excluding hydrogens is 473 g/mol. The van der Waals surface area contributed by atoms with Crippen molar-refractivity contribution >= 4 is 11.7 Å². The number of alkyl halides is 2. The molecule has 1 fully saturated rings. The van der Waals surface area contributed by atoms with E-state index in [0.717, 1.165) is 16.9 Å². The summed E-state index contributed by atoms with van der Waals surface area (Å²) in [7, 11) is 0. The lowest BCUT2D eigenvalue weighted by molar-refractivity contribution is -0.904. The number of pyridine rings is 1. The Balaban J connectivity index is 1.40. The molecule has 0 radical (unpaired) electrons. The van der Waals surface area contributed by atoms with Gasteiger partial charge in [0.1, 0.15) is 0 Å². The fourth-order valence-electron chi connectivity index (χ4n) is 4.11. The number of hydrogen-bond donors (Lipinski definition) is 2. The van der Waals surface area contributed by atoms with Gasteiger partial charge >= 0.3 is 0 Å². The molecule has 2 atom stereocenters. The van der Waals surface area contributed by atoms with Crippen LogP contribution in [0.4, 0.5) is 27.8 Å². The summed E-state index contributed by atoms with van der Waals surface area (Å²) in [4.78, 5) is 18.5. The van der Waals surface area contributed by atoms with Crippen molar-refractivity contribution in [3.63, 3.8) is 0 Å². The highest BCUT2D eigenvalue weighted by molar-refractivity contribution is 5.93. The fraction of sp³-hybridized carbons (Fsp3) is 0.348. The molecule has 1 saturated heterocycles. The summed E-state index contributed by atoms with van der Waals surface area (Å²) in [5.74, 6) is -8.57. The molecule has 4 rings (SSSR count). The maximum atomic E-state index is 14.6. The van der Waals surface area contributed by atoms with E-state index < -0.39 is 47.7 Å². The molecule has 0 saturated carbocycles. The van der Waals surface area contributed by atoms with E-state index in [-0.39, 0.29) is 31.0 Å². The number of carbonyl (C=O) groups excluding carboxylic acids is 1. The van der Waals surface area contributed by atoms with Gasteiger partial charge in [0.2, 0.25) is 18.3 Å². The molecule has 35 heavy (non-hydrogen) atoms. The molecule has 3 aromatic rings. The van der Waals surface area contributed by atoms with E-state index in [9.17, 15) is 32.0 Å². The average Bonchev–Trinajstić information content (AvgIpc) is 3.24. The van der Waals surface area contributed by atoms with Crippen LogP contribution in [-0.2, 0) is 11.3 Å². The van der Waals surface area contributed by atoms with Crippen LogP contribution in [0.3, 0.4) is 0 Å². The van der Waals surface area contributed by atoms with Crippen LogP contribution in [-0.4, -0.2) is 50.6 Å². The normalized spacial score (nSPS) is 18.9. The largest absolute Gasteiger partial charge is 0.331 e. The summed E-state index contributed by atoms with van der Waals surface area (Å²) in [6.07, 6.45) is 4.88. The van der Waals surface area contributed by atoms with E-state index in [4.69, 9.17) is 0 Å². The number of aromatic nitrogens is 3. The van der Waals surface area contributed by atoms with Crippen molar-refractivity contribution < 1.29 is 36.7 Å². The first kappa shape index (κ1) is 24.6. The van der Waals surface area contributed by atoms with Crippen molar-refractivity contribution in [2.45, 2.75) is 37.8 Å². The van der Waals surface area contributed by atoms with Gasteiger partial charge in [-0.1, -0.05) is 0 Å². The van der Waals surface area contributed by atoms with E-state index in [0.29, 0.717) is 5.56 Å². The third-order valence-corrected chi connectivity index (χ3v) is 6.12. The van der Waals surface area contributed by atoms with Crippen LogP contribution < -0.4 is 10.0 Å². The third-order valence-electron chi connectivity index (χ3n) is 6.12. The van der Waals surface area contributed by atoms with E-state index in [1.165, 1.54) is 41.6 Å². The maximum absolute atomic E-state index is 14.6. The summed E-state index contributed by atoms with van der Waals surface area (Å²) in [5.41, 5.74) is 0.517. The van der Waals surface area contributed by atoms with Gasteiger partial charge in [-0.3, -0.25) is 14.9 Å². The lowest BCUT2D eigenvalue weighted by atomic mass is 9.87. The van der Waals surface area contributed by atoms with Crippen LogP contribution in [0.25, 0.3) is 0 Å². The van der Waals surface area contributed by atoms with Crippen molar-refractivity contribution in [3.05, 3.63) is 77.8 Å². The Bertz CT molecular complexity index is 1190. The number of halogens is 5. The highest BCUT2D eigenvalue weighted by atomic mass is 19.3. The standard InChI is InChI=1S/C23H22F5N5O2/c1-14(32-7-4-23(27,28)17(11-32)16-2-5-33(35)6-3-16)22(34)30-20-12-31(13-29-20)10-15-8-18(24)21(26)19(25)9-15/h2-3,5-6,8-9,12-14,17H,4,7,10-11H2,1H3,(H-,30,34,35)/p+1/t14-,17+/m0/s1. The second-order valence-electron chi connectivity index (χ2n) is 8.54. The summed E-state index contributed by atoms with van der Waals surface area (Å²) >= 11 is 0. The van der Waals surface area contributed by atoms with Crippen LogP contribution in [0, 0.1) is 17.5 Å². The summed E-state index contributed by atoms with van der Waals surface area (Å²) in [5, 5.41) is 12.0. The Morgan fingerprint density at radius 2 is 1.91 bits per heavy atom. The second kappa shape index (κ2) is 9.61. The van der Waals surface area contributed by atoms with Crippen LogP contribution in [0.5, 0.6) is 0 Å². The van der Waals surface area contributed by atoms with E-state index >= 15 is 0 Å². The molecule has 7 nitrogen and oxygen atoms in total. The van der Waals surface area contributed by atoms with Crippen LogP contribution >= 0.6 is 0 Å². The predicted octanol–water partition coefficient (Wildman–Crippen LogP) is 3.33. The van der Waals surface area contributed by atoms with Gasteiger partial charge in [0, 0.05) is 49.1 Å². The SMILES string of the molecule is C[C@@H](C(=O)Nc1cn(Cc2cc(F)c(F)c(F)c2)cn1)N1CCC(F)(F)[C@@H](c2cc[n+](O)cc2)C1. The highest BCUT2D eigenvalue weighted by Crippen LogP contribution is 2.40. The van der Waals surface area contributed by atoms with Crippen LogP contribution in [0.2, 0.25) is 0 Å². The number of hydrogen-bond acceptors (Lipinski definition) is 4. The summed E-state index contributed by atoms with van der Waals surface area (Å²) < 4.78 is 71.4. The van der Waals surface area contributed by atoms with E-state index in [1.54, 1.807) is 11.8 Å². The maximum Gasteiger partial charge on any atom is 0.257 e. The third kappa shape index (κ3) is 5.42. The van der Waals surface area contributed by atoms with E-state index in [1.807, 2.05) is 0 Å². The van der Waals surface area contributed by atoms with Gasteiger partial charge in [-0.05, 0) is 30.2 Å². The molecule has 0 bridgehead atoms. The Morgan fingerprint density at radius 3 is 2.57 bits per heavy atom. The van der Waals surface area contributed by atoms with Crippen molar-refractivity contribution in [1.29, 1.82) is 0 Å². The molecule has 0 aliphatic carbocycles. The number of imidazole rings is 1. The summed E-state index contributed by atoms with van der Waals surface area (Å²) in [6.45, 7) is 1.54. The molecule has 0 unspecified atom stereocenters. The van der Waals surface area contributed by atoms with Crippen molar-refractivity contribution in [2.75, 3.05) is 18.4 Å². The number of nitrogens with one attached hydrogen (secondary N) is 1. The molecule has 2 aromatic heterocycles. The Morgan fingerprint density at radius 1 is 1.26 bits per heavy atom. The first-order valence-electron chi connectivity index (χ1n) is 10.8. The van der Waals surface area contributed by atoms with Gasteiger partial charge in [-0.2, -0.15) is 0 Å². The molecule has 2 N–H and O–H groups in total. The van der Waals surface area contributed by atoms with Crippen molar-refractivity contribution in [2.24, 2.45) is 0 Å². The number of rotatable bonds is 6. The van der Waals surface area contributed by atoms with Gasteiger partial charge < -0.3 is 9.88 Å². The van der Waals surface area contributed by atoms with Crippen molar-refractivity contribution in [3.8, 4) is 0 Å². The van der Waals surface area contributed by atoms with Gasteiger partial charge in [-0.15, -0.1) is 0 Å². The zero-order valence-corrected chi connectivity index (χ0v) is 18.6. The number of nitrogens with zero attached hydrogens (tertiary/aromatic N) is 4. The number of anilines is 1. The lowest BCUT2D eigenvalue weighted by Crippen LogP contribution is -2.52. The van der Waals surface area contributed by atoms with Crippen molar-refractivity contribution in [1.82, 2.24) is 14.5 Å². The minimum Gasteiger partial charge on any atom is -0.331 e. The van der Waals surface area contributed by atoms with Gasteiger partial charge in [-0.25, -0.2) is 26.9 Å². The molecule has 1 amide bonds. The molecular formula is C23H23F5N5O2+. The molecule has 186 valence electrons. The van der Waals surface area contributed by atoms with Crippen LogP contribution in [0.1, 0.15) is 30.4 Å². The minimum atomic E-state index is -2.97. The molecule has 0 spiro atoms. The summed E-state index contributed by atoms with van der Waals surface area (Å²) in [6, 6.07) is 3.82. The first-order valence-corrected chi connectivity index (χ1v) is 10.8. The van der Waals surface area contributed by atoms with Gasteiger partial charge in [0.25, 0.3) is 5.92 Å². The number of piperidine rings is 1. The second-order valence-corrected chi connectivity index (χ2v) is 8.54. The smallest absolute Gasteiger partial charge is 0.257 e. The topological polar surface area (TPSA) is 74.3 Å². The van der Waals surface area contributed by atoms with Crippen LogP contribution in [0.15, 0.2) is 49.2 Å². The fourth-order valence-corrected chi connectivity index (χ4v) is 4.11. The zero-order valence-electron chi connectivity index (χ0n) is 18.6. The van der Waals surface area contributed by atoms with E-state index in [2.05, 4.69) is 10.3 Å². The zero-order chi connectivity index (χ0) is 25.3. The number of amides is 1. The molecule has 1 aliphatic rings. The quantitative estimate of drug-likeness (QED) is 0.238. The average molecular weight is 496 g/mol. The highest BCUT2D eigenvalue weighted by Gasteiger charge is 2.46. The lowest BCUT2D eigenvalue weighted by Gasteiger charge is -2.40. The molecule has 12 heteroatoms. The Hall–Kier alpha value is -3.54. The Labute approximate surface area is 197 Å². The predicted molar refractivity (Wildman–Crippen MR) is 113 cm³/mol. The number of benzene rings is 1. The van der Waals surface area contributed by atoms with Gasteiger partial charge in [0.15, 0.2) is 23.3 Å². The number of likely N-dealkylation sites (tertiary alicyclic amines) is 1. The monoisotopic (exact) mass is 496 g/mol. The van der Waals surface area contributed by atoms with Gasteiger partial charge in [0.05, 0.1) is 18.3 Å². The molecule has 3 heterocycles. The minimum absolute atomic E-state index is 0.0135. The first-order chi connectivity index (χ1) is 16.5.